The molecular weight excluding hydrogens is 268 g/mol. The number of allylic oxidation sites excluding steroid dienone is 1. The van der Waals surface area contributed by atoms with Crippen LogP contribution in [0.15, 0.2) is 60.7 Å². The van der Waals surface area contributed by atoms with Gasteiger partial charge in [-0.3, -0.25) is 4.79 Å². The summed E-state index contributed by atoms with van der Waals surface area (Å²) < 4.78 is 0. The van der Waals surface area contributed by atoms with E-state index in [-0.39, 0.29) is 11.7 Å². The lowest BCUT2D eigenvalue weighted by molar-refractivity contribution is 0.0972. The predicted molar refractivity (Wildman–Crippen MR) is 85.0 cm³/mol. The van der Waals surface area contributed by atoms with Crippen molar-refractivity contribution in [2.24, 2.45) is 5.92 Å². The maximum absolute atomic E-state index is 12.1. The molecule has 0 saturated carbocycles. The fourth-order valence-corrected chi connectivity index (χ4v) is 2.08. The molecule has 0 heterocycles. The normalized spacial score (nSPS) is 12.5. The minimum Gasteiger partial charge on any atom is -0.294 e. The second kappa shape index (κ2) is 7.06. The highest BCUT2D eigenvalue weighted by Crippen LogP contribution is 2.14. The summed E-state index contributed by atoms with van der Waals surface area (Å²) in [5.74, 6) is 0.386. The van der Waals surface area contributed by atoms with Crippen molar-refractivity contribution < 1.29 is 4.79 Å². The average Bonchev–Trinajstić information content (AvgIpc) is 2.47. The van der Waals surface area contributed by atoms with E-state index >= 15 is 0 Å². The zero-order chi connectivity index (χ0) is 14.4. The fraction of sp³-hybridized carbons (Fsp3) is 0.167. The van der Waals surface area contributed by atoms with E-state index in [4.69, 9.17) is 11.6 Å². The zero-order valence-electron chi connectivity index (χ0n) is 11.4. The standard InChI is InChI=1S/C18H17ClO/c1-14(7-8-15-9-11-17(19)12-10-15)13-18(20)16-5-3-2-4-6-16/h2-12,14H,13H2,1H3/b8-7+/t14-/m0/s1. The van der Waals surface area contributed by atoms with Gasteiger partial charge in [0.2, 0.25) is 0 Å². The first-order chi connectivity index (χ1) is 9.65. The minimum absolute atomic E-state index is 0.179. The van der Waals surface area contributed by atoms with Crippen LogP contribution >= 0.6 is 11.6 Å². The molecule has 2 aromatic rings. The Hall–Kier alpha value is -1.86. The maximum Gasteiger partial charge on any atom is 0.163 e. The van der Waals surface area contributed by atoms with E-state index in [1.807, 2.05) is 67.6 Å². The molecule has 0 spiro atoms. The van der Waals surface area contributed by atoms with Gasteiger partial charge >= 0.3 is 0 Å². The summed E-state index contributed by atoms with van der Waals surface area (Å²) >= 11 is 5.84. The van der Waals surface area contributed by atoms with Crippen LogP contribution in [0.25, 0.3) is 6.08 Å². The van der Waals surface area contributed by atoms with Crippen LogP contribution in [-0.4, -0.2) is 5.78 Å². The van der Waals surface area contributed by atoms with Crippen molar-refractivity contribution in [3.05, 3.63) is 76.8 Å². The molecule has 0 bridgehead atoms. The monoisotopic (exact) mass is 284 g/mol. The Bertz CT molecular complexity index is 585. The third-order valence-electron chi connectivity index (χ3n) is 3.09. The molecule has 0 aromatic heterocycles. The largest absolute Gasteiger partial charge is 0.294 e. The van der Waals surface area contributed by atoms with Crippen molar-refractivity contribution in [3.8, 4) is 0 Å². The molecule has 1 nitrogen and oxygen atoms in total. The van der Waals surface area contributed by atoms with Crippen LogP contribution in [0.2, 0.25) is 5.02 Å². The van der Waals surface area contributed by atoms with Crippen molar-refractivity contribution in [2.45, 2.75) is 13.3 Å². The number of carbonyl (C=O) groups excluding carboxylic acids is 1. The van der Waals surface area contributed by atoms with Gasteiger partial charge in [0, 0.05) is 17.0 Å². The average molecular weight is 285 g/mol. The second-order valence-corrected chi connectivity index (χ2v) is 5.32. The molecule has 0 amide bonds. The number of benzene rings is 2. The molecule has 0 aliphatic rings. The van der Waals surface area contributed by atoms with Gasteiger partial charge in [-0.05, 0) is 23.6 Å². The second-order valence-electron chi connectivity index (χ2n) is 4.88. The number of ketones is 1. The van der Waals surface area contributed by atoms with Gasteiger partial charge < -0.3 is 0 Å². The molecule has 2 aromatic carbocycles. The van der Waals surface area contributed by atoms with E-state index in [1.54, 1.807) is 0 Å². The predicted octanol–water partition coefficient (Wildman–Crippen LogP) is 5.26. The van der Waals surface area contributed by atoms with Gasteiger partial charge in [-0.25, -0.2) is 0 Å². The molecule has 20 heavy (non-hydrogen) atoms. The molecule has 0 saturated heterocycles. The van der Waals surface area contributed by atoms with Gasteiger partial charge in [0.05, 0.1) is 0 Å². The Balaban J connectivity index is 1.94. The van der Waals surface area contributed by atoms with E-state index in [9.17, 15) is 4.79 Å². The van der Waals surface area contributed by atoms with Crippen LogP contribution in [0.5, 0.6) is 0 Å². The lowest BCUT2D eigenvalue weighted by atomic mass is 9.99. The van der Waals surface area contributed by atoms with Crippen LogP contribution in [0.3, 0.4) is 0 Å². The summed E-state index contributed by atoms with van der Waals surface area (Å²) in [5, 5.41) is 0.731. The van der Waals surface area contributed by atoms with Crippen LogP contribution in [0.1, 0.15) is 29.3 Å². The van der Waals surface area contributed by atoms with E-state index in [1.165, 1.54) is 0 Å². The van der Waals surface area contributed by atoms with Crippen LogP contribution in [-0.2, 0) is 0 Å². The Morgan fingerprint density at radius 1 is 1.10 bits per heavy atom. The highest BCUT2D eigenvalue weighted by atomic mass is 35.5. The topological polar surface area (TPSA) is 17.1 Å². The fourth-order valence-electron chi connectivity index (χ4n) is 1.95. The molecule has 0 fully saturated rings. The first kappa shape index (κ1) is 14.5. The first-order valence-corrected chi connectivity index (χ1v) is 7.05. The summed E-state index contributed by atoms with van der Waals surface area (Å²) in [6, 6.07) is 17.1. The van der Waals surface area contributed by atoms with Gasteiger partial charge in [0.15, 0.2) is 5.78 Å². The summed E-state index contributed by atoms with van der Waals surface area (Å²) in [7, 11) is 0. The van der Waals surface area contributed by atoms with E-state index in [0.29, 0.717) is 6.42 Å². The van der Waals surface area contributed by atoms with Gasteiger partial charge in [0.1, 0.15) is 0 Å². The Kier molecular flexibility index (Phi) is 5.14. The number of halogens is 1. The Morgan fingerprint density at radius 3 is 2.40 bits per heavy atom. The highest BCUT2D eigenvalue weighted by Gasteiger charge is 2.08. The van der Waals surface area contributed by atoms with Crippen molar-refractivity contribution in [3.63, 3.8) is 0 Å². The van der Waals surface area contributed by atoms with Gasteiger partial charge in [0.25, 0.3) is 0 Å². The zero-order valence-corrected chi connectivity index (χ0v) is 12.2. The van der Waals surface area contributed by atoms with Crippen molar-refractivity contribution >= 4 is 23.5 Å². The van der Waals surface area contributed by atoms with Crippen molar-refractivity contribution in [1.82, 2.24) is 0 Å². The number of hydrogen-bond acceptors (Lipinski definition) is 1. The molecule has 0 aliphatic heterocycles. The van der Waals surface area contributed by atoms with E-state index in [0.717, 1.165) is 16.1 Å². The lowest BCUT2D eigenvalue weighted by Crippen LogP contribution is -2.03. The molecule has 0 radical (unpaired) electrons. The summed E-state index contributed by atoms with van der Waals surface area (Å²) in [6.07, 6.45) is 4.61. The lowest BCUT2D eigenvalue weighted by Gasteiger charge is -2.05. The van der Waals surface area contributed by atoms with Gasteiger partial charge in [-0.1, -0.05) is 73.1 Å². The third kappa shape index (κ3) is 4.36. The SMILES string of the molecule is C[C@@H](/C=C/c1ccc(Cl)cc1)CC(=O)c1ccccc1. The van der Waals surface area contributed by atoms with Crippen LogP contribution in [0, 0.1) is 5.92 Å². The van der Waals surface area contributed by atoms with Gasteiger partial charge in [-0.2, -0.15) is 0 Å². The Morgan fingerprint density at radius 2 is 1.75 bits per heavy atom. The first-order valence-electron chi connectivity index (χ1n) is 6.67. The van der Waals surface area contributed by atoms with Crippen LogP contribution in [0.4, 0.5) is 0 Å². The molecule has 1 atom stereocenters. The molecule has 2 heteroatoms. The third-order valence-corrected chi connectivity index (χ3v) is 3.34. The highest BCUT2D eigenvalue weighted by molar-refractivity contribution is 6.30. The number of Topliss-reactive ketones (excluding diaryl/α,β-unsaturated/α-hetero) is 1. The Labute approximate surface area is 124 Å². The smallest absolute Gasteiger partial charge is 0.163 e. The van der Waals surface area contributed by atoms with E-state index in [2.05, 4.69) is 6.08 Å². The number of hydrogen-bond donors (Lipinski definition) is 0. The van der Waals surface area contributed by atoms with Crippen molar-refractivity contribution in [2.75, 3.05) is 0 Å². The van der Waals surface area contributed by atoms with Gasteiger partial charge in [-0.15, -0.1) is 0 Å². The molecule has 102 valence electrons. The summed E-state index contributed by atoms with van der Waals surface area (Å²) in [4.78, 5) is 12.1. The van der Waals surface area contributed by atoms with Crippen molar-refractivity contribution in [1.29, 1.82) is 0 Å². The molecule has 0 unspecified atom stereocenters. The molecular formula is C18H17ClO. The minimum atomic E-state index is 0.179. The molecule has 2 rings (SSSR count). The quantitative estimate of drug-likeness (QED) is 0.684. The summed E-state index contributed by atoms with van der Waals surface area (Å²) in [5.41, 5.74) is 1.87. The summed E-state index contributed by atoms with van der Waals surface area (Å²) in [6.45, 7) is 2.05. The van der Waals surface area contributed by atoms with E-state index < -0.39 is 0 Å². The maximum atomic E-state index is 12.1. The molecule has 0 aliphatic carbocycles. The van der Waals surface area contributed by atoms with Crippen LogP contribution < -0.4 is 0 Å². The number of carbonyl (C=O) groups is 1. The number of rotatable bonds is 5. The molecule has 0 N–H and O–H groups in total.